The summed E-state index contributed by atoms with van der Waals surface area (Å²) in [5, 5.41) is -0.429. The molecule has 62 valence electrons. The summed E-state index contributed by atoms with van der Waals surface area (Å²) in [6.07, 6.45) is 0.570. The van der Waals surface area contributed by atoms with E-state index in [0.717, 1.165) is 0 Å². The Balaban J connectivity index is 3.56. The lowest BCUT2D eigenvalue weighted by Crippen LogP contribution is -2.15. The van der Waals surface area contributed by atoms with E-state index in [4.69, 9.17) is 10.3 Å². The minimum atomic E-state index is -4.35. The van der Waals surface area contributed by atoms with Gasteiger partial charge < -0.3 is 5.73 Å². The summed E-state index contributed by atoms with van der Waals surface area (Å²) in [5.41, 5.74) is 5.24. The van der Waals surface area contributed by atoms with E-state index in [-0.39, 0.29) is 0 Å². The second kappa shape index (κ2) is 4.14. The number of hydrogen-bond donors (Lipinski definition) is 2. The molecule has 3 N–H and O–H groups in total. The number of rotatable bonds is 4. The van der Waals surface area contributed by atoms with Gasteiger partial charge in [-0.25, -0.2) is 0 Å². The first-order chi connectivity index (χ1) is 4.45. The van der Waals surface area contributed by atoms with Crippen molar-refractivity contribution in [3.05, 3.63) is 0 Å². The Hall–Kier alpha value is 0.180. The highest BCUT2D eigenvalue weighted by atomic mass is 32.3. The molecule has 0 aliphatic rings. The Morgan fingerprint density at radius 1 is 1.80 bits per heavy atom. The van der Waals surface area contributed by atoms with Crippen LogP contribution in [-0.4, -0.2) is 18.3 Å². The SMILES string of the molecule is CCC(N)SOS(=O)(=O)O. The maximum Gasteiger partial charge on any atom is 0.408 e. The first kappa shape index (κ1) is 10.2. The molecule has 7 heteroatoms. The molecule has 5 nitrogen and oxygen atoms in total. The molecule has 0 aromatic rings. The van der Waals surface area contributed by atoms with Gasteiger partial charge in [0.15, 0.2) is 0 Å². The molecule has 0 aromatic heterocycles. The van der Waals surface area contributed by atoms with Gasteiger partial charge in [0, 0.05) is 12.0 Å². The maximum atomic E-state index is 9.91. The molecule has 0 saturated heterocycles. The quantitative estimate of drug-likeness (QED) is 0.370. The normalized spacial score (nSPS) is 15.1. The second-order valence-electron chi connectivity index (χ2n) is 1.54. The van der Waals surface area contributed by atoms with Crippen molar-refractivity contribution in [3.63, 3.8) is 0 Å². The topological polar surface area (TPSA) is 89.6 Å². The molecule has 0 bridgehead atoms. The van der Waals surface area contributed by atoms with Crippen LogP contribution in [0.2, 0.25) is 0 Å². The lowest BCUT2D eigenvalue weighted by molar-refractivity contribution is 0.406. The van der Waals surface area contributed by atoms with Crippen LogP contribution in [0.3, 0.4) is 0 Å². The summed E-state index contributed by atoms with van der Waals surface area (Å²) in [6, 6.07) is 0. The Morgan fingerprint density at radius 2 is 2.30 bits per heavy atom. The van der Waals surface area contributed by atoms with Crippen LogP contribution in [-0.2, 0) is 14.0 Å². The average Bonchev–Trinajstić information content (AvgIpc) is 1.81. The van der Waals surface area contributed by atoms with Gasteiger partial charge in [-0.3, -0.25) is 4.55 Å². The van der Waals surface area contributed by atoms with Gasteiger partial charge in [0.1, 0.15) is 0 Å². The zero-order chi connectivity index (χ0) is 8.20. The van der Waals surface area contributed by atoms with E-state index in [2.05, 4.69) is 3.63 Å². The smallest absolute Gasteiger partial charge is 0.317 e. The van der Waals surface area contributed by atoms with Gasteiger partial charge in [-0.2, -0.15) is 12.0 Å². The van der Waals surface area contributed by atoms with Gasteiger partial charge in [0.2, 0.25) is 0 Å². The predicted octanol–water partition coefficient (Wildman–Crippen LogP) is 0.149. The van der Waals surface area contributed by atoms with Crippen molar-refractivity contribution in [1.29, 1.82) is 0 Å². The van der Waals surface area contributed by atoms with Crippen LogP contribution in [0, 0.1) is 0 Å². The third-order valence-corrected chi connectivity index (χ3v) is 2.23. The van der Waals surface area contributed by atoms with Crippen molar-refractivity contribution >= 4 is 22.4 Å². The van der Waals surface area contributed by atoms with Crippen LogP contribution in [0.25, 0.3) is 0 Å². The Kier molecular flexibility index (Phi) is 4.22. The Labute approximate surface area is 64.1 Å². The van der Waals surface area contributed by atoms with Crippen molar-refractivity contribution in [1.82, 2.24) is 0 Å². The first-order valence-electron chi connectivity index (χ1n) is 2.53. The van der Waals surface area contributed by atoms with Crippen LogP contribution < -0.4 is 5.73 Å². The van der Waals surface area contributed by atoms with E-state index >= 15 is 0 Å². The van der Waals surface area contributed by atoms with E-state index in [1.54, 1.807) is 6.92 Å². The fraction of sp³-hybridized carbons (Fsp3) is 1.00. The van der Waals surface area contributed by atoms with Gasteiger partial charge in [0.25, 0.3) is 0 Å². The summed E-state index contributed by atoms with van der Waals surface area (Å²) >= 11 is 0.523. The van der Waals surface area contributed by atoms with Crippen LogP contribution in [0.1, 0.15) is 13.3 Å². The van der Waals surface area contributed by atoms with Crippen LogP contribution in [0.5, 0.6) is 0 Å². The van der Waals surface area contributed by atoms with Gasteiger partial charge in [-0.15, -0.1) is 0 Å². The van der Waals surface area contributed by atoms with E-state index in [9.17, 15) is 8.42 Å². The van der Waals surface area contributed by atoms with Crippen molar-refractivity contribution in [2.45, 2.75) is 18.7 Å². The lowest BCUT2D eigenvalue weighted by Gasteiger charge is -2.03. The van der Waals surface area contributed by atoms with Gasteiger partial charge in [-0.05, 0) is 6.42 Å². The largest absolute Gasteiger partial charge is 0.408 e. The van der Waals surface area contributed by atoms with Crippen molar-refractivity contribution in [3.8, 4) is 0 Å². The summed E-state index contributed by atoms with van der Waals surface area (Å²) in [7, 11) is -4.35. The molecule has 0 rings (SSSR count). The molecule has 0 heterocycles. The minimum absolute atomic E-state index is 0.429. The fourth-order valence-corrected chi connectivity index (χ4v) is 1.11. The highest BCUT2D eigenvalue weighted by Gasteiger charge is 2.08. The molecule has 0 aliphatic heterocycles. The molecule has 0 amide bonds. The monoisotopic (exact) mass is 187 g/mol. The van der Waals surface area contributed by atoms with Gasteiger partial charge in [0.05, 0.1) is 5.37 Å². The standard InChI is InChI=1S/C3H9NO4S2/c1-2-3(4)9-8-10(5,6)7/h3H,2,4H2,1H3,(H,5,6,7). The van der Waals surface area contributed by atoms with Crippen LogP contribution >= 0.6 is 12.0 Å². The average molecular weight is 187 g/mol. The maximum absolute atomic E-state index is 9.91. The second-order valence-corrected chi connectivity index (χ2v) is 3.74. The fourth-order valence-electron chi connectivity index (χ4n) is 0.168. The zero-order valence-corrected chi connectivity index (χ0v) is 6.98. The van der Waals surface area contributed by atoms with Crippen LogP contribution in [0.4, 0.5) is 0 Å². The number of nitrogens with two attached hydrogens (primary N) is 1. The number of hydrogen-bond acceptors (Lipinski definition) is 5. The summed E-state index contributed by atoms with van der Waals surface area (Å²) < 4.78 is 31.8. The Bertz CT molecular complexity index is 177. The molecular weight excluding hydrogens is 178 g/mol. The highest BCUT2D eigenvalue weighted by Crippen LogP contribution is 2.12. The molecule has 0 saturated carbocycles. The Morgan fingerprint density at radius 3 is 2.60 bits per heavy atom. The molecule has 0 radical (unpaired) electrons. The summed E-state index contributed by atoms with van der Waals surface area (Å²) in [6.45, 7) is 1.77. The van der Waals surface area contributed by atoms with E-state index < -0.39 is 15.8 Å². The molecule has 0 fully saturated rings. The molecule has 0 aromatic carbocycles. The lowest BCUT2D eigenvalue weighted by atomic mass is 10.5. The summed E-state index contributed by atoms with van der Waals surface area (Å²) in [5.74, 6) is 0. The van der Waals surface area contributed by atoms with E-state index in [1.807, 2.05) is 0 Å². The highest BCUT2D eigenvalue weighted by molar-refractivity contribution is 8.03. The molecule has 1 unspecified atom stereocenters. The molecule has 10 heavy (non-hydrogen) atoms. The van der Waals surface area contributed by atoms with E-state index in [0.29, 0.717) is 18.5 Å². The minimum Gasteiger partial charge on any atom is -0.317 e. The third-order valence-electron chi connectivity index (χ3n) is 0.651. The van der Waals surface area contributed by atoms with Crippen molar-refractivity contribution in [2.24, 2.45) is 5.73 Å². The third kappa shape index (κ3) is 6.30. The van der Waals surface area contributed by atoms with Crippen molar-refractivity contribution in [2.75, 3.05) is 0 Å². The molecular formula is C3H9NO4S2. The van der Waals surface area contributed by atoms with Crippen LogP contribution in [0.15, 0.2) is 0 Å². The first-order valence-corrected chi connectivity index (χ1v) is 4.70. The molecule has 0 spiro atoms. The van der Waals surface area contributed by atoms with E-state index in [1.165, 1.54) is 0 Å². The van der Waals surface area contributed by atoms with Gasteiger partial charge in [-0.1, -0.05) is 6.92 Å². The summed E-state index contributed by atoms with van der Waals surface area (Å²) in [4.78, 5) is 0. The zero-order valence-electron chi connectivity index (χ0n) is 5.35. The predicted molar refractivity (Wildman–Crippen MR) is 38.5 cm³/mol. The molecule has 0 aliphatic carbocycles. The van der Waals surface area contributed by atoms with Gasteiger partial charge >= 0.3 is 10.4 Å². The van der Waals surface area contributed by atoms with Crippen molar-refractivity contribution < 1.29 is 16.6 Å². The molecule has 1 atom stereocenters.